The molecule has 0 saturated carbocycles. The predicted octanol–water partition coefficient (Wildman–Crippen LogP) is 3.76. The molecule has 9 heteroatoms. The van der Waals surface area contributed by atoms with Gasteiger partial charge in [-0.15, -0.1) is 0 Å². The first-order valence-corrected chi connectivity index (χ1v) is 11.4. The Hall–Kier alpha value is -2.81. The molecule has 0 saturated heterocycles. The number of hydrogen-bond donors (Lipinski definition) is 2. The summed E-state index contributed by atoms with van der Waals surface area (Å²) in [6, 6.07) is 4.72. The molecule has 1 aromatic rings. The van der Waals surface area contributed by atoms with Crippen LogP contribution in [0.5, 0.6) is 5.75 Å². The highest BCUT2D eigenvalue weighted by molar-refractivity contribution is 5.95. The summed E-state index contributed by atoms with van der Waals surface area (Å²) in [5.41, 5.74) is -0.0752. The fourth-order valence-corrected chi connectivity index (χ4v) is 4.36. The quantitative estimate of drug-likeness (QED) is 0.657. The molecule has 1 aromatic carbocycles. The lowest BCUT2D eigenvalue weighted by atomic mass is 9.86. The molecule has 33 heavy (non-hydrogen) atoms. The molecule has 2 atom stereocenters. The van der Waals surface area contributed by atoms with Crippen molar-refractivity contribution in [3.63, 3.8) is 0 Å². The summed E-state index contributed by atoms with van der Waals surface area (Å²) in [4.78, 5) is 31.4. The number of methoxy groups -OCH3 is 1. The highest BCUT2D eigenvalue weighted by atomic mass is 16.6. The van der Waals surface area contributed by atoms with Crippen molar-refractivity contribution in [3.8, 4) is 5.75 Å². The Morgan fingerprint density at radius 2 is 2.00 bits per heavy atom. The second kappa shape index (κ2) is 9.59. The van der Waals surface area contributed by atoms with Gasteiger partial charge in [-0.25, -0.2) is 14.6 Å². The van der Waals surface area contributed by atoms with Crippen molar-refractivity contribution in [1.29, 1.82) is 0 Å². The Morgan fingerprint density at radius 1 is 1.30 bits per heavy atom. The monoisotopic (exact) mass is 461 g/mol. The van der Waals surface area contributed by atoms with E-state index in [0.717, 1.165) is 5.56 Å². The number of esters is 1. The second-order valence-corrected chi connectivity index (χ2v) is 9.48. The number of nitrogens with zero attached hydrogens (tertiary/aromatic N) is 2. The standard InChI is InChI=1S/C24H35N3O6/c1-7-24(8-2)14-19(28)27(21(26-24)25-22(30)33-23(3,4)5)17-11-12-32-18-10-9-15(13-16(17)18)20(29)31-6/h9-10,13,17,19,28H,7-8,11-12,14H2,1-6H3,(H,25,26,30)/t17-,19?/m1/s1. The second-order valence-electron chi connectivity index (χ2n) is 9.48. The first-order valence-electron chi connectivity index (χ1n) is 11.4. The number of rotatable bonds is 4. The maximum Gasteiger partial charge on any atom is 0.414 e. The van der Waals surface area contributed by atoms with Gasteiger partial charge in [-0.05, 0) is 51.8 Å². The average molecular weight is 462 g/mol. The lowest BCUT2D eigenvalue weighted by Crippen LogP contribution is -2.58. The molecule has 0 aliphatic carbocycles. The van der Waals surface area contributed by atoms with Gasteiger partial charge in [0.05, 0.1) is 30.9 Å². The van der Waals surface area contributed by atoms with Crippen LogP contribution >= 0.6 is 0 Å². The van der Waals surface area contributed by atoms with Crippen LogP contribution in [-0.2, 0) is 9.47 Å². The summed E-state index contributed by atoms with van der Waals surface area (Å²) in [6.07, 6.45) is 0.843. The largest absolute Gasteiger partial charge is 0.493 e. The van der Waals surface area contributed by atoms with Crippen LogP contribution in [0.1, 0.15) is 82.3 Å². The Bertz CT molecular complexity index is 919. The molecular formula is C24H35N3O6. The van der Waals surface area contributed by atoms with Gasteiger partial charge >= 0.3 is 12.1 Å². The van der Waals surface area contributed by atoms with Crippen LogP contribution in [0.2, 0.25) is 0 Å². The summed E-state index contributed by atoms with van der Waals surface area (Å²) in [5.74, 6) is 0.414. The van der Waals surface area contributed by atoms with E-state index in [0.29, 0.717) is 43.6 Å². The summed E-state index contributed by atoms with van der Waals surface area (Å²) >= 11 is 0. The van der Waals surface area contributed by atoms with Gasteiger partial charge in [0.2, 0.25) is 5.96 Å². The Kier molecular flexibility index (Phi) is 7.21. The number of aliphatic hydroxyl groups is 1. The molecule has 2 heterocycles. The molecule has 0 radical (unpaired) electrons. The van der Waals surface area contributed by atoms with Crippen LogP contribution in [0.4, 0.5) is 4.79 Å². The van der Waals surface area contributed by atoms with E-state index in [2.05, 4.69) is 5.32 Å². The van der Waals surface area contributed by atoms with E-state index in [-0.39, 0.29) is 12.0 Å². The number of aliphatic imine (C=N–C) groups is 1. The molecule has 0 aromatic heterocycles. The minimum atomic E-state index is -0.898. The number of amides is 1. The molecule has 0 bridgehead atoms. The third-order valence-corrected chi connectivity index (χ3v) is 6.17. The summed E-state index contributed by atoms with van der Waals surface area (Å²) in [7, 11) is 1.33. The average Bonchev–Trinajstić information content (AvgIpc) is 2.76. The zero-order valence-electron chi connectivity index (χ0n) is 20.3. The molecule has 1 unspecified atom stereocenters. The van der Waals surface area contributed by atoms with E-state index < -0.39 is 29.4 Å². The highest BCUT2D eigenvalue weighted by Gasteiger charge is 2.43. The normalized spacial score (nSPS) is 21.9. The van der Waals surface area contributed by atoms with Crippen molar-refractivity contribution in [2.45, 2.75) is 83.7 Å². The molecule has 9 nitrogen and oxygen atoms in total. The van der Waals surface area contributed by atoms with Gasteiger partial charge in [0.1, 0.15) is 17.6 Å². The number of aliphatic hydroxyl groups excluding tert-OH is 1. The van der Waals surface area contributed by atoms with Gasteiger partial charge in [0, 0.05) is 18.4 Å². The van der Waals surface area contributed by atoms with Crippen molar-refractivity contribution >= 4 is 18.0 Å². The van der Waals surface area contributed by atoms with E-state index >= 15 is 0 Å². The van der Waals surface area contributed by atoms with Crippen molar-refractivity contribution < 1.29 is 28.9 Å². The Labute approximate surface area is 195 Å². The highest BCUT2D eigenvalue weighted by Crippen LogP contribution is 2.41. The van der Waals surface area contributed by atoms with Crippen LogP contribution in [0, 0.1) is 0 Å². The SMILES string of the molecule is CCC1(CC)CC(O)N([C@@H]2CCOc3ccc(C(=O)OC)cc32)C(NC(=O)OC(C)(C)C)=N1. The molecule has 2 N–H and O–H groups in total. The number of carbonyl (C=O) groups is 2. The maximum absolute atomic E-state index is 12.7. The van der Waals surface area contributed by atoms with Crippen LogP contribution in [-0.4, -0.2) is 59.1 Å². The van der Waals surface area contributed by atoms with Gasteiger partial charge < -0.3 is 24.2 Å². The first-order chi connectivity index (χ1) is 15.5. The van der Waals surface area contributed by atoms with Crippen LogP contribution < -0.4 is 10.1 Å². The predicted molar refractivity (Wildman–Crippen MR) is 123 cm³/mol. The van der Waals surface area contributed by atoms with Gasteiger partial charge in [0.15, 0.2) is 0 Å². The number of carbonyl (C=O) groups excluding carboxylic acids is 2. The maximum atomic E-state index is 12.7. The Morgan fingerprint density at radius 3 is 2.61 bits per heavy atom. The summed E-state index contributed by atoms with van der Waals surface area (Å²) < 4.78 is 16.1. The van der Waals surface area contributed by atoms with Gasteiger partial charge in [-0.3, -0.25) is 5.32 Å². The number of alkyl carbamates (subject to hydrolysis) is 1. The topological polar surface area (TPSA) is 110 Å². The van der Waals surface area contributed by atoms with Crippen LogP contribution in [0.25, 0.3) is 0 Å². The molecule has 3 rings (SSSR count). The molecule has 0 fully saturated rings. The van der Waals surface area contributed by atoms with Gasteiger partial charge in [-0.1, -0.05) is 13.8 Å². The zero-order chi connectivity index (χ0) is 24.4. The lowest BCUT2D eigenvalue weighted by Gasteiger charge is -2.47. The molecule has 2 aliphatic heterocycles. The number of benzene rings is 1. The fraction of sp³-hybridized carbons (Fsp3) is 0.625. The number of fused-ring (bicyclic) bond motifs is 1. The minimum absolute atomic E-state index is 0.257. The minimum Gasteiger partial charge on any atom is -0.493 e. The van der Waals surface area contributed by atoms with Gasteiger partial charge in [0.25, 0.3) is 0 Å². The van der Waals surface area contributed by atoms with E-state index in [1.165, 1.54) is 7.11 Å². The number of guanidine groups is 1. The van der Waals surface area contributed by atoms with Crippen molar-refractivity contribution in [1.82, 2.24) is 10.2 Å². The van der Waals surface area contributed by atoms with E-state index in [9.17, 15) is 14.7 Å². The van der Waals surface area contributed by atoms with Crippen LogP contribution in [0.3, 0.4) is 0 Å². The molecule has 0 spiro atoms. The van der Waals surface area contributed by atoms with Crippen molar-refractivity contribution in [2.75, 3.05) is 13.7 Å². The number of ether oxygens (including phenoxy) is 3. The van der Waals surface area contributed by atoms with Crippen molar-refractivity contribution in [2.24, 2.45) is 4.99 Å². The fourth-order valence-electron chi connectivity index (χ4n) is 4.36. The van der Waals surface area contributed by atoms with Crippen molar-refractivity contribution in [3.05, 3.63) is 29.3 Å². The summed E-state index contributed by atoms with van der Waals surface area (Å²) in [6.45, 7) is 9.82. The zero-order valence-corrected chi connectivity index (χ0v) is 20.3. The van der Waals surface area contributed by atoms with Gasteiger partial charge in [-0.2, -0.15) is 0 Å². The molecule has 2 aliphatic rings. The third-order valence-electron chi connectivity index (χ3n) is 6.17. The summed E-state index contributed by atoms with van der Waals surface area (Å²) in [5, 5.41) is 14.1. The van der Waals surface area contributed by atoms with Crippen LogP contribution in [0.15, 0.2) is 23.2 Å². The lowest BCUT2D eigenvalue weighted by molar-refractivity contribution is -0.0215. The Balaban J connectivity index is 2.04. The molecule has 182 valence electrons. The third kappa shape index (κ3) is 5.40. The number of nitrogens with one attached hydrogen (secondary N) is 1. The smallest absolute Gasteiger partial charge is 0.414 e. The molecule has 1 amide bonds. The molecular weight excluding hydrogens is 426 g/mol. The van der Waals surface area contributed by atoms with E-state index in [4.69, 9.17) is 19.2 Å². The first kappa shape index (κ1) is 24.8. The van der Waals surface area contributed by atoms with E-state index in [1.807, 2.05) is 13.8 Å². The number of hydrogen-bond acceptors (Lipinski definition) is 8. The van der Waals surface area contributed by atoms with E-state index in [1.54, 1.807) is 43.9 Å².